The van der Waals surface area contributed by atoms with Gasteiger partial charge < -0.3 is 14.7 Å². The van der Waals surface area contributed by atoms with E-state index >= 15 is 4.39 Å². The van der Waals surface area contributed by atoms with Crippen LogP contribution < -0.4 is 4.74 Å². The molecule has 1 aliphatic rings. The van der Waals surface area contributed by atoms with Crippen molar-refractivity contribution in [3.05, 3.63) is 54.5 Å². The van der Waals surface area contributed by atoms with Gasteiger partial charge in [0.15, 0.2) is 0 Å². The lowest BCUT2D eigenvalue weighted by molar-refractivity contribution is -0.146. The highest BCUT2D eigenvalue weighted by Gasteiger charge is 2.34. The number of pyridine rings is 1. The summed E-state index contributed by atoms with van der Waals surface area (Å²) in [5.41, 5.74) is 1.30. The van der Waals surface area contributed by atoms with Crippen molar-refractivity contribution in [3.8, 4) is 5.75 Å². The first-order chi connectivity index (χ1) is 16.5. The molecule has 1 aliphatic heterocycles. The van der Waals surface area contributed by atoms with Gasteiger partial charge in [-0.3, -0.25) is 9.78 Å². The Morgan fingerprint density at radius 2 is 2.18 bits per heavy atom. The van der Waals surface area contributed by atoms with Crippen LogP contribution in [-0.2, 0) is 4.79 Å². The molecule has 3 aromatic rings. The minimum Gasteiger partial charge on any atom is -0.497 e. The predicted octanol–water partition coefficient (Wildman–Crippen LogP) is 4.64. The number of carbonyl (C=O) groups is 1. The summed E-state index contributed by atoms with van der Waals surface area (Å²) >= 11 is 1.68. The van der Waals surface area contributed by atoms with Crippen LogP contribution in [0.2, 0.25) is 0 Å². The van der Waals surface area contributed by atoms with Gasteiger partial charge in [-0.05, 0) is 67.6 Å². The molecular formula is C25H29FN4O3S. The van der Waals surface area contributed by atoms with E-state index < -0.39 is 18.1 Å². The zero-order valence-corrected chi connectivity index (χ0v) is 20.0. The van der Waals surface area contributed by atoms with Gasteiger partial charge in [-0.2, -0.15) is 10.2 Å². The van der Waals surface area contributed by atoms with Crippen LogP contribution in [0.25, 0.3) is 10.9 Å². The van der Waals surface area contributed by atoms with Crippen molar-refractivity contribution in [1.29, 1.82) is 0 Å². The quantitative estimate of drug-likeness (QED) is 0.417. The van der Waals surface area contributed by atoms with Gasteiger partial charge >= 0.3 is 5.97 Å². The molecule has 3 heterocycles. The number of benzene rings is 1. The second kappa shape index (κ2) is 11.6. The van der Waals surface area contributed by atoms with E-state index in [1.807, 2.05) is 24.3 Å². The summed E-state index contributed by atoms with van der Waals surface area (Å²) in [6, 6.07) is 9.07. The number of hydrogen-bond donors (Lipinski definition) is 1. The second-order valence-corrected chi connectivity index (χ2v) is 9.72. The Morgan fingerprint density at radius 3 is 2.94 bits per heavy atom. The van der Waals surface area contributed by atoms with E-state index in [-0.39, 0.29) is 12.3 Å². The summed E-state index contributed by atoms with van der Waals surface area (Å²) < 4.78 is 20.6. The minimum atomic E-state index is -1.18. The molecule has 0 amide bonds. The molecule has 9 heteroatoms. The maximum absolute atomic E-state index is 15.3. The maximum Gasteiger partial charge on any atom is 0.308 e. The first-order valence-electron chi connectivity index (χ1n) is 11.5. The highest BCUT2D eigenvalue weighted by molar-refractivity contribution is 7.99. The number of halogens is 1. The Labute approximate surface area is 202 Å². The summed E-state index contributed by atoms with van der Waals surface area (Å²) in [6.07, 6.45) is 5.41. The molecule has 0 spiro atoms. The predicted molar refractivity (Wildman–Crippen MR) is 130 cm³/mol. The number of methoxy groups -OCH3 is 1. The van der Waals surface area contributed by atoms with Gasteiger partial charge in [0, 0.05) is 35.3 Å². The van der Waals surface area contributed by atoms with Crippen LogP contribution in [-0.4, -0.2) is 63.7 Å². The average molecular weight is 485 g/mol. The SMILES string of the molecule is COc1ccc2nccc(C(F)CC[C@@H]3CCN(CCSc4ccnnc4)C[C@@H]3C(=O)O)c2c1. The van der Waals surface area contributed by atoms with E-state index in [4.69, 9.17) is 4.74 Å². The van der Waals surface area contributed by atoms with Crippen LogP contribution in [0.4, 0.5) is 4.39 Å². The number of aliphatic carboxylic acids is 1. The number of likely N-dealkylation sites (tertiary alicyclic amines) is 1. The van der Waals surface area contributed by atoms with Crippen LogP contribution in [0.5, 0.6) is 5.75 Å². The van der Waals surface area contributed by atoms with Gasteiger partial charge in [0.25, 0.3) is 0 Å². The van der Waals surface area contributed by atoms with E-state index in [1.165, 1.54) is 0 Å². The number of aromatic nitrogens is 3. The molecule has 0 saturated carbocycles. The molecular weight excluding hydrogens is 455 g/mol. The number of carboxylic acid groups (broad SMARTS) is 1. The molecule has 180 valence electrons. The van der Waals surface area contributed by atoms with E-state index in [0.717, 1.165) is 41.1 Å². The number of rotatable bonds is 10. The van der Waals surface area contributed by atoms with Crippen LogP contribution in [0, 0.1) is 11.8 Å². The Kier molecular flexibility index (Phi) is 8.29. The maximum atomic E-state index is 15.3. The normalized spacial score (nSPS) is 19.7. The van der Waals surface area contributed by atoms with Crippen molar-refractivity contribution in [2.24, 2.45) is 11.8 Å². The first kappa shape index (κ1) is 24.3. The van der Waals surface area contributed by atoms with Crippen molar-refractivity contribution in [2.45, 2.75) is 30.3 Å². The zero-order valence-electron chi connectivity index (χ0n) is 19.1. The lowest BCUT2D eigenvalue weighted by atomic mass is 9.81. The third-order valence-corrected chi connectivity index (χ3v) is 7.46. The number of hydrogen-bond acceptors (Lipinski definition) is 7. The standard InChI is InChI=1S/C25H29FN4O3S/c1-33-18-3-5-24-21(14-18)20(7-9-27-24)23(26)4-2-17-8-11-30(16-22(17)25(31)32)12-13-34-19-6-10-28-29-15-19/h3,5-7,9-10,14-15,17,22-23H,2,4,8,11-13,16H2,1H3,(H,31,32)/t17-,22+,23?/m1/s1. The van der Waals surface area contributed by atoms with E-state index in [9.17, 15) is 9.90 Å². The minimum absolute atomic E-state index is 0.0355. The number of piperidine rings is 1. The molecule has 1 saturated heterocycles. The molecule has 0 aliphatic carbocycles. The topological polar surface area (TPSA) is 88.4 Å². The van der Waals surface area contributed by atoms with Gasteiger partial charge in [-0.1, -0.05) is 0 Å². The number of ether oxygens (including phenoxy) is 1. The molecule has 3 atom stereocenters. The molecule has 2 aromatic heterocycles. The third kappa shape index (κ3) is 6.01. The lowest BCUT2D eigenvalue weighted by Crippen LogP contribution is -2.44. The number of nitrogens with zero attached hydrogens (tertiary/aromatic N) is 4. The summed E-state index contributed by atoms with van der Waals surface area (Å²) in [6.45, 7) is 2.14. The van der Waals surface area contributed by atoms with Crippen molar-refractivity contribution in [3.63, 3.8) is 0 Å². The van der Waals surface area contributed by atoms with Gasteiger partial charge in [0.2, 0.25) is 0 Å². The molecule has 0 radical (unpaired) electrons. The largest absolute Gasteiger partial charge is 0.497 e. The summed E-state index contributed by atoms with van der Waals surface area (Å²) in [7, 11) is 1.58. The molecule has 34 heavy (non-hydrogen) atoms. The Bertz CT molecular complexity index is 1100. The third-order valence-electron chi connectivity index (χ3n) is 6.50. The average Bonchev–Trinajstić information content (AvgIpc) is 2.87. The molecule has 1 unspecified atom stereocenters. The second-order valence-electron chi connectivity index (χ2n) is 8.55. The van der Waals surface area contributed by atoms with Gasteiger partial charge in [-0.25, -0.2) is 4.39 Å². The summed E-state index contributed by atoms with van der Waals surface area (Å²) in [5, 5.41) is 18.2. The highest BCUT2D eigenvalue weighted by Crippen LogP contribution is 2.35. The van der Waals surface area contributed by atoms with Crippen LogP contribution in [0.1, 0.15) is 31.0 Å². The molecule has 1 fully saturated rings. The Morgan fingerprint density at radius 1 is 1.29 bits per heavy atom. The number of carboxylic acids is 1. The van der Waals surface area contributed by atoms with E-state index in [0.29, 0.717) is 24.3 Å². The van der Waals surface area contributed by atoms with E-state index in [1.54, 1.807) is 43.5 Å². The van der Waals surface area contributed by atoms with Crippen molar-refractivity contribution < 1.29 is 19.0 Å². The van der Waals surface area contributed by atoms with Crippen molar-refractivity contribution in [1.82, 2.24) is 20.1 Å². The number of fused-ring (bicyclic) bond motifs is 1. The Balaban J connectivity index is 1.34. The molecule has 0 bridgehead atoms. The fourth-order valence-corrected chi connectivity index (χ4v) is 5.48. The fraction of sp³-hybridized carbons (Fsp3) is 0.440. The molecule has 1 aromatic carbocycles. The molecule has 1 N–H and O–H groups in total. The van der Waals surface area contributed by atoms with Gasteiger partial charge in [-0.15, -0.1) is 11.8 Å². The smallest absolute Gasteiger partial charge is 0.308 e. The van der Waals surface area contributed by atoms with Gasteiger partial charge in [0.05, 0.1) is 30.9 Å². The summed E-state index contributed by atoms with van der Waals surface area (Å²) in [5.74, 6) is 0.198. The number of alkyl halides is 1. The van der Waals surface area contributed by atoms with E-state index in [2.05, 4.69) is 20.1 Å². The van der Waals surface area contributed by atoms with Crippen LogP contribution in [0.3, 0.4) is 0 Å². The monoisotopic (exact) mass is 484 g/mol. The lowest BCUT2D eigenvalue weighted by Gasteiger charge is -2.36. The van der Waals surface area contributed by atoms with Crippen LogP contribution in [0.15, 0.2) is 53.8 Å². The Hall–Kier alpha value is -2.78. The zero-order chi connectivity index (χ0) is 23.9. The number of thioether (sulfide) groups is 1. The van der Waals surface area contributed by atoms with Crippen molar-refractivity contribution in [2.75, 3.05) is 32.5 Å². The van der Waals surface area contributed by atoms with Crippen molar-refractivity contribution >= 4 is 28.6 Å². The summed E-state index contributed by atoms with van der Waals surface area (Å²) in [4.78, 5) is 19.6. The first-order valence-corrected chi connectivity index (χ1v) is 12.4. The highest BCUT2D eigenvalue weighted by atomic mass is 32.2. The molecule has 7 nitrogen and oxygen atoms in total. The van der Waals surface area contributed by atoms with Gasteiger partial charge in [0.1, 0.15) is 11.9 Å². The fourth-order valence-electron chi connectivity index (χ4n) is 4.62. The molecule has 4 rings (SSSR count). The van der Waals surface area contributed by atoms with Crippen LogP contribution >= 0.6 is 11.8 Å².